The van der Waals surface area contributed by atoms with Crippen LogP contribution in [0, 0.1) is 0 Å². The number of ether oxygens (including phenoxy) is 1. The number of methoxy groups -OCH3 is 1. The van der Waals surface area contributed by atoms with Gasteiger partial charge in [0.05, 0.1) is 12.0 Å². The van der Waals surface area contributed by atoms with E-state index >= 15 is 0 Å². The van der Waals surface area contributed by atoms with Crippen molar-refractivity contribution in [1.29, 1.82) is 0 Å². The Hall–Kier alpha value is -3.96. The largest absolute Gasteiger partial charge is 0.385 e. The standard InChI is InChI=1S/C30H41N5O6/c1-30(2,3)41-35-25(37)18-23(33-24(36)16-15-20-10-6-5-7-11-20)27(38)34-29(40-4)28(39)32-19-22-13-8-12-21-14-9-17-31-26(21)22/h5-8,10-13,23,29,31H,9,14-19H2,1-4H3,(H,32,39)(H,33,36)(H,34,38)(H,35,37)/t23-,29-/m0/s1. The first-order chi connectivity index (χ1) is 19.6. The average molecular weight is 568 g/mol. The van der Waals surface area contributed by atoms with Gasteiger partial charge in [-0.05, 0) is 56.7 Å². The molecule has 1 aliphatic heterocycles. The van der Waals surface area contributed by atoms with E-state index in [-0.39, 0.29) is 13.0 Å². The minimum absolute atomic E-state index is 0.109. The molecule has 0 bridgehead atoms. The van der Waals surface area contributed by atoms with Crippen LogP contribution < -0.4 is 26.7 Å². The molecule has 0 radical (unpaired) electrons. The summed E-state index contributed by atoms with van der Waals surface area (Å²) in [6, 6.07) is 14.1. The number of hydroxylamine groups is 1. The van der Waals surface area contributed by atoms with Crippen LogP contribution in [0.5, 0.6) is 0 Å². The molecule has 0 aromatic heterocycles. The van der Waals surface area contributed by atoms with Crippen molar-refractivity contribution in [2.45, 2.75) is 77.3 Å². The highest BCUT2D eigenvalue weighted by Crippen LogP contribution is 2.25. The van der Waals surface area contributed by atoms with Crippen LogP contribution in [-0.2, 0) is 48.1 Å². The smallest absolute Gasteiger partial charge is 0.270 e. The third-order valence-corrected chi connectivity index (χ3v) is 6.36. The molecule has 2 aromatic carbocycles. The van der Waals surface area contributed by atoms with Crippen molar-refractivity contribution in [3.8, 4) is 0 Å². The number of anilines is 1. The molecule has 0 unspecified atom stereocenters. The Labute approximate surface area is 241 Å². The fourth-order valence-corrected chi connectivity index (χ4v) is 4.28. The summed E-state index contributed by atoms with van der Waals surface area (Å²) in [6.45, 7) is 6.36. The lowest BCUT2D eigenvalue weighted by molar-refractivity contribution is -0.148. The van der Waals surface area contributed by atoms with Gasteiger partial charge in [0.15, 0.2) is 0 Å². The maximum atomic E-state index is 13.2. The number of carbonyl (C=O) groups excluding carboxylic acids is 4. The van der Waals surface area contributed by atoms with E-state index in [0.29, 0.717) is 6.42 Å². The second kappa shape index (κ2) is 15.2. The number of carbonyl (C=O) groups is 4. The Morgan fingerprint density at radius 3 is 2.41 bits per heavy atom. The molecule has 5 N–H and O–H groups in total. The zero-order valence-electron chi connectivity index (χ0n) is 24.2. The maximum Gasteiger partial charge on any atom is 0.270 e. The van der Waals surface area contributed by atoms with Crippen molar-refractivity contribution in [2.75, 3.05) is 19.0 Å². The summed E-state index contributed by atoms with van der Waals surface area (Å²) in [6.07, 6.45) is 0.837. The van der Waals surface area contributed by atoms with Gasteiger partial charge in [0.25, 0.3) is 5.91 Å². The van der Waals surface area contributed by atoms with Crippen LogP contribution in [0.4, 0.5) is 5.69 Å². The van der Waals surface area contributed by atoms with Gasteiger partial charge < -0.3 is 26.0 Å². The average Bonchev–Trinajstić information content (AvgIpc) is 2.96. The molecule has 11 heteroatoms. The zero-order valence-corrected chi connectivity index (χ0v) is 24.2. The van der Waals surface area contributed by atoms with Gasteiger partial charge in [-0.15, -0.1) is 0 Å². The first-order valence-corrected chi connectivity index (χ1v) is 13.8. The van der Waals surface area contributed by atoms with Crippen molar-refractivity contribution in [3.05, 3.63) is 65.2 Å². The maximum absolute atomic E-state index is 13.2. The van der Waals surface area contributed by atoms with Gasteiger partial charge in [-0.2, -0.15) is 0 Å². The van der Waals surface area contributed by atoms with Gasteiger partial charge in [-0.1, -0.05) is 48.5 Å². The monoisotopic (exact) mass is 567 g/mol. The van der Waals surface area contributed by atoms with Gasteiger partial charge in [0.2, 0.25) is 23.9 Å². The Kier molecular flexibility index (Phi) is 11.7. The van der Waals surface area contributed by atoms with E-state index in [2.05, 4.69) is 32.8 Å². The van der Waals surface area contributed by atoms with Gasteiger partial charge >= 0.3 is 0 Å². The van der Waals surface area contributed by atoms with Crippen LogP contribution in [-0.4, -0.2) is 55.2 Å². The zero-order chi connectivity index (χ0) is 29.8. The Morgan fingerprint density at radius 1 is 0.951 bits per heavy atom. The van der Waals surface area contributed by atoms with E-state index in [4.69, 9.17) is 9.57 Å². The lowest BCUT2D eigenvalue weighted by atomic mass is 9.99. The van der Waals surface area contributed by atoms with Crippen LogP contribution in [0.2, 0.25) is 0 Å². The number of hydrogen-bond donors (Lipinski definition) is 5. The second-order valence-electron chi connectivity index (χ2n) is 10.9. The number of aryl methyl sites for hydroxylation is 2. The summed E-state index contributed by atoms with van der Waals surface area (Å²) in [5, 5.41) is 11.3. The van der Waals surface area contributed by atoms with Crippen molar-refractivity contribution < 1.29 is 28.8 Å². The SMILES string of the molecule is CO[C@H](NC(=O)[C@H](CC(=O)NOC(C)(C)C)NC(=O)CCc1ccccc1)C(=O)NCc1cccc2c1NCCC2. The molecule has 4 amide bonds. The molecule has 1 aliphatic rings. The number of rotatable bonds is 13. The Balaban J connectivity index is 1.62. The lowest BCUT2D eigenvalue weighted by Gasteiger charge is -2.24. The topological polar surface area (TPSA) is 147 Å². The van der Waals surface area contributed by atoms with E-state index in [0.717, 1.165) is 36.2 Å². The fourth-order valence-electron chi connectivity index (χ4n) is 4.28. The molecular formula is C30H41N5O6. The molecule has 2 aromatic rings. The van der Waals surface area contributed by atoms with Crippen molar-refractivity contribution in [1.82, 2.24) is 21.4 Å². The quantitative estimate of drug-likeness (QED) is 0.184. The summed E-state index contributed by atoms with van der Waals surface area (Å²) in [4.78, 5) is 56.7. The summed E-state index contributed by atoms with van der Waals surface area (Å²) in [7, 11) is 1.29. The number of fused-ring (bicyclic) bond motifs is 1. The molecule has 3 rings (SSSR count). The third kappa shape index (κ3) is 10.5. The molecule has 0 spiro atoms. The molecule has 1 heterocycles. The molecule has 0 saturated heterocycles. The van der Waals surface area contributed by atoms with Crippen molar-refractivity contribution in [2.24, 2.45) is 0 Å². The predicted octanol–water partition coefficient (Wildman–Crippen LogP) is 2.10. The van der Waals surface area contributed by atoms with Gasteiger partial charge in [-0.3, -0.25) is 24.0 Å². The van der Waals surface area contributed by atoms with Crippen molar-refractivity contribution >= 4 is 29.3 Å². The first kappa shape index (κ1) is 31.6. The van der Waals surface area contributed by atoms with Gasteiger partial charge in [-0.25, -0.2) is 5.48 Å². The summed E-state index contributed by atoms with van der Waals surface area (Å²) < 4.78 is 5.24. The molecule has 222 valence electrons. The summed E-state index contributed by atoms with van der Waals surface area (Å²) in [5.74, 6) is -2.34. The van der Waals surface area contributed by atoms with Crippen LogP contribution in [0.1, 0.15) is 56.7 Å². The van der Waals surface area contributed by atoms with Gasteiger partial charge in [0, 0.05) is 32.3 Å². The van der Waals surface area contributed by atoms with Crippen LogP contribution >= 0.6 is 0 Å². The highest BCUT2D eigenvalue weighted by molar-refractivity contribution is 5.94. The fraction of sp³-hybridized carbons (Fsp3) is 0.467. The molecule has 11 nitrogen and oxygen atoms in total. The third-order valence-electron chi connectivity index (χ3n) is 6.36. The second-order valence-corrected chi connectivity index (χ2v) is 10.9. The van der Waals surface area contributed by atoms with E-state index in [1.54, 1.807) is 20.8 Å². The van der Waals surface area contributed by atoms with Crippen LogP contribution in [0.15, 0.2) is 48.5 Å². The molecule has 0 aliphatic carbocycles. The van der Waals surface area contributed by atoms with Crippen LogP contribution in [0.25, 0.3) is 0 Å². The van der Waals surface area contributed by atoms with Crippen molar-refractivity contribution in [3.63, 3.8) is 0 Å². The molecule has 0 saturated carbocycles. The summed E-state index contributed by atoms with van der Waals surface area (Å²) in [5.41, 5.74) is 5.75. The Bertz CT molecular complexity index is 1200. The molecule has 2 atom stereocenters. The van der Waals surface area contributed by atoms with E-state index in [1.807, 2.05) is 42.5 Å². The van der Waals surface area contributed by atoms with Crippen LogP contribution in [0.3, 0.4) is 0 Å². The minimum atomic E-state index is -1.34. The minimum Gasteiger partial charge on any atom is -0.385 e. The number of para-hydroxylation sites is 1. The molecular weight excluding hydrogens is 526 g/mol. The van der Waals surface area contributed by atoms with Gasteiger partial charge in [0.1, 0.15) is 6.04 Å². The number of nitrogens with one attached hydrogen (secondary N) is 5. The molecule has 41 heavy (non-hydrogen) atoms. The first-order valence-electron chi connectivity index (χ1n) is 13.8. The highest BCUT2D eigenvalue weighted by atomic mass is 16.7. The van der Waals surface area contributed by atoms with E-state index in [9.17, 15) is 19.2 Å². The number of amides is 4. The lowest BCUT2D eigenvalue weighted by Crippen LogP contribution is -2.55. The highest BCUT2D eigenvalue weighted by Gasteiger charge is 2.29. The number of benzene rings is 2. The number of hydrogen-bond acceptors (Lipinski definition) is 7. The normalized spacial score (nSPS) is 14.0. The summed E-state index contributed by atoms with van der Waals surface area (Å²) >= 11 is 0. The van der Waals surface area contributed by atoms with E-state index < -0.39 is 47.9 Å². The van der Waals surface area contributed by atoms with E-state index in [1.165, 1.54) is 12.7 Å². The molecule has 0 fully saturated rings. The predicted molar refractivity (Wildman–Crippen MR) is 154 cm³/mol. The Morgan fingerprint density at radius 2 is 1.71 bits per heavy atom.